The molecular weight excluding hydrogens is 444 g/mol. The summed E-state index contributed by atoms with van der Waals surface area (Å²) in [5.41, 5.74) is 2.12. The number of rotatable bonds is 9. The molecule has 0 fully saturated rings. The van der Waals surface area contributed by atoms with Crippen LogP contribution < -0.4 is 14.8 Å². The largest absolute Gasteiger partial charge is 0.489 e. The molecule has 5 nitrogen and oxygen atoms in total. The van der Waals surface area contributed by atoms with Gasteiger partial charge in [-0.25, -0.2) is 4.98 Å². The van der Waals surface area contributed by atoms with Crippen LogP contribution in [0.25, 0.3) is 0 Å². The van der Waals surface area contributed by atoms with Crippen LogP contribution in [0.3, 0.4) is 0 Å². The first kappa shape index (κ1) is 21.9. The predicted molar refractivity (Wildman–Crippen MR) is 128 cm³/mol. The fraction of sp³-hybridized carbons (Fsp3) is 0.120. The van der Waals surface area contributed by atoms with Gasteiger partial charge < -0.3 is 9.47 Å². The number of benzene rings is 3. The number of thiazole rings is 1. The Morgan fingerprint density at radius 1 is 0.906 bits per heavy atom. The Morgan fingerprint density at radius 3 is 2.34 bits per heavy atom. The van der Waals surface area contributed by atoms with E-state index in [4.69, 9.17) is 21.1 Å². The van der Waals surface area contributed by atoms with Crippen molar-refractivity contribution in [1.29, 1.82) is 0 Å². The molecule has 0 atom stereocenters. The standard InChI is InChI=1S/C25H21ClN2O3S/c26-23-9-5-4-8-19(23)14-22-15-27-25(32-22)28-24(29)17-31-21-12-10-20(11-13-21)30-16-18-6-2-1-3-7-18/h1-13,15H,14,16-17H2,(H,27,28,29). The van der Waals surface area contributed by atoms with Gasteiger partial charge in [-0.3, -0.25) is 10.1 Å². The van der Waals surface area contributed by atoms with Gasteiger partial charge >= 0.3 is 0 Å². The Balaban J connectivity index is 1.23. The van der Waals surface area contributed by atoms with Crippen LogP contribution in [0.5, 0.6) is 11.5 Å². The second kappa shape index (κ2) is 10.8. The first-order chi connectivity index (χ1) is 15.7. The molecule has 0 spiro atoms. The number of nitrogens with zero attached hydrogens (tertiary/aromatic N) is 1. The van der Waals surface area contributed by atoms with Gasteiger partial charge in [0.05, 0.1) is 0 Å². The Labute approximate surface area is 195 Å². The van der Waals surface area contributed by atoms with Crippen LogP contribution in [0.2, 0.25) is 5.02 Å². The summed E-state index contributed by atoms with van der Waals surface area (Å²) in [6, 6.07) is 24.8. The Morgan fingerprint density at radius 2 is 1.59 bits per heavy atom. The molecule has 4 rings (SSSR count). The number of nitrogens with one attached hydrogen (secondary N) is 1. The summed E-state index contributed by atoms with van der Waals surface area (Å²) in [5.74, 6) is 1.05. The Kier molecular flexibility index (Phi) is 7.38. The molecule has 1 N–H and O–H groups in total. The van der Waals surface area contributed by atoms with Gasteiger partial charge in [-0.15, -0.1) is 11.3 Å². The van der Waals surface area contributed by atoms with Crippen LogP contribution in [0.15, 0.2) is 85.1 Å². The lowest BCUT2D eigenvalue weighted by molar-refractivity contribution is -0.118. The van der Waals surface area contributed by atoms with Crippen LogP contribution in [0.4, 0.5) is 5.13 Å². The summed E-state index contributed by atoms with van der Waals surface area (Å²) in [4.78, 5) is 17.5. The molecule has 4 aromatic rings. The summed E-state index contributed by atoms with van der Waals surface area (Å²) in [6.45, 7) is 0.388. The van der Waals surface area contributed by atoms with Crippen molar-refractivity contribution in [3.05, 3.63) is 106 Å². The predicted octanol–water partition coefficient (Wildman–Crippen LogP) is 5.98. The highest BCUT2D eigenvalue weighted by Gasteiger charge is 2.09. The van der Waals surface area contributed by atoms with E-state index in [1.54, 1.807) is 18.3 Å². The number of carbonyl (C=O) groups excluding carboxylic acids is 1. The summed E-state index contributed by atoms with van der Waals surface area (Å²) < 4.78 is 11.3. The molecular formula is C25H21ClN2O3S. The van der Waals surface area contributed by atoms with E-state index in [0.717, 1.165) is 26.8 Å². The van der Waals surface area contributed by atoms with E-state index < -0.39 is 0 Å². The maximum Gasteiger partial charge on any atom is 0.264 e. The third-order valence-corrected chi connectivity index (χ3v) is 5.85. The Bertz CT molecular complexity index is 1160. The van der Waals surface area contributed by atoms with Crippen LogP contribution in [-0.2, 0) is 17.8 Å². The monoisotopic (exact) mass is 464 g/mol. The van der Waals surface area contributed by atoms with Gasteiger partial charge in [-0.05, 0) is 41.5 Å². The van der Waals surface area contributed by atoms with Gasteiger partial charge in [0.25, 0.3) is 5.91 Å². The molecule has 0 radical (unpaired) electrons. The maximum atomic E-state index is 12.2. The molecule has 0 unspecified atom stereocenters. The molecule has 0 saturated carbocycles. The van der Waals surface area contributed by atoms with Crippen molar-refractivity contribution >= 4 is 34.0 Å². The lowest BCUT2D eigenvalue weighted by Gasteiger charge is -2.08. The summed E-state index contributed by atoms with van der Waals surface area (Å²) in [5, 5.41) is 4.02. The molecule has 0 aliphatic rings. The molecule has 162 valence electrons. The average molecular weight is 465 g/mol. The second-order valence-electron chi connectivity index (χ2n) is 6.98. The van der Waals surface area contributed by atoms with E-state index in [9.17, 15) is 4.79 Å². The number of halogens is 1. The first-order valence-electron chi connectivity index (χ1n) is 10.0. The van der Waals surface area contributed by atoms with Crippen LogP contribution in [0, 0.1) is 0 Å². The van der Waals surface area contributed by atoms with E-state index in [2.05, 4.69) is 10.3 Å². The quantitative estimate of drug-likeness (QED) is 0.331. The van der Waals surface area contributed by atoms with Crippen LogP contribution >= 0.6 is 22.9 Å². The summed E-state index contributed by atoms with van der Waals surface area (Å²) in [7, 11) is 0. The third-order valence-electron chi connectivity index (χ3n) is 4.56. The molecule has 0 aliphatic heterocycles. The molecule has 7 heteroatoms. The van der Waals surface area contributed by atoms with E-state index in [1.165, 1.54) is 11.3 Å². The van der Waals surface area contributed by atoms with Gasteiger partial charge in [0.2, 0.25) is 0 Å². The molecule has 1 amide bonds. The van der Waals surface area contributed by atoms with Crippen molar-refractivity contribution < 1.29 is 14.3 Å². The fourth-order valence-electron chi connectivity index (χ4n) is 2.95. The molecule has 0 aliphatic carbocycles. The molecule has 0 bridgehead atoms. The minimum Gasteiger partial charge on any atom is -0.489 e. The number of aromatic nitrogens is 1. The SMILES string of the molecule is O=C(COc1ccc(OCc2ccccc2)cc1)Nc1ncc(Cc2ccccc2Cl)s1. The number of hydrogen-bond acceptors (Lipinski definition) is 5. The molecule has 3 aromatic carbocycles. The summed E-state index contributed by atoms with van der Waals surface area (Å²) >= 11 is 7.63. The molecule has 32 heavy (non-hydrogen) atoms. The van der Waals surface area contributed by atoms with Crippen molar-refractivity contribution in [2.75, 3.05) is 11.9 Å². The molecule has 1 aromatic heterocycles. The minimum atomic E-state index is -0.270. The summed E-state index contributed by atoms with van der Waals surface area (Å²) in [6.07, 6.45) is 2.42. The maximum absolute atomic E-state index is 12.2. The van der Waals surface area contributed by atoms with Gasteiger partial charge in [-0.2, -0.15) is 0 Å². The highest BCUT2D eigenvalue weighted by Crippen LogP contribution is 2.25. The van der Waals surface area contributed by atoms with E-state index in [1.807, 2.05) is 66.7 Å². The number of carbonyl (C=O) groups is 1. The van der Waals surface area contributed by atoms with E-state index >= 15 is 0 Å². The normalized spacial score (nSPS) is 10.5. The van der Waals surface area contributed by atoms with Crippen LogP contribution in [-0.4, -0.2) is 17.5 Å². The van der Waals surface area contributed by atoms with Gasteiger partial charge in [-0.1, -0.05) is 60.1 Å². The molecule has 1 heterocycles. The number of amides is 1. The number of anilines is 1. The van der Waals surface area contributed by atoms with Crippen molar-refractivity contribution in [3.63, 3.8) is 0 Å². The van der Waals surface area contributed by atoms with Crippen molar-refractivity contribution in [2.45, 2.75) is 13.0 Å². The third kappa shape index (κ3) is 6.33. The van der Waals surface area contributed by atoms with Crippen molar-refractivity contribution in [3.8, 4) is 11.5 Å². The Hall–Kier alpha value is -3.35. The van der Waals surface area contributed by atoms with Gasteiger partial charge in [0.1, 0.15) is 18.1 Å². The van der Waals surface area contributed by atoms with Crippen molar-refractivity contribution in [2.24, 2.45) is 0 Å². The van der Waals surface area contributed by atoms with E-state index in [-0.39, 0.29) is 12.5 Å². The lowest BCUT2D eigenvalue weighted by Crippen LogP contribution is -2.19. The van der Waals surface area contributed by atoms with Crippen molar-refractivity contribution in [1.82, 2.24) is 4.98 Å². The second-order valence-corrected chi connectivity index (χ2v) is 8.50. The van der Waals surface area contributed by atoms with Gasteiger partial charge in [0, 0.05) is 22.5 Å². The lowest BCUT2D eigenvalue weighted by atomic mass is 10.1. The fourth-order valence-corrected chi connectivity index (χ4v) is 4.01. The zero-order chi connectivity index (χ0) is 22.2. The minimum absolute atomic E-state index is 0.107. The van der Waals surface area contributed by atoms with E-state index in [0.29, 0.717) is 23.9 Å². The first-order valence-corrected chi connectivity index (χ1v) is 11.2. The topological polar surface area (TPSA) is 60.5 Å². The average Bonchev–Trinajstić information content (AvgIpc) is 3.26. The zero-order valence-corrected chi connectivity index (χ0v) is 18.7. The van der Waals surface area contributed by atoms with Crippen LogP contribution in [0.1, 0.15) is 16.0 Å². The number of ether oxygens (including phenoxy) is 2. The zero-order valence-electron chi connectivity index (χ0n) is 17.2. The smallest absolute Gasteiger partial charge is 0.264 e. The molecule has 0 saturated heterocycles. The highest BCUT2D eigenvalue weighted by molar-refractivity contribution is 7.15. The number of hydrogen-bond donors (Lipinski definition) is 1. The highest BCUT2D eigenvalue weighted by atomic mass is 35.5. The van der Waals surface area contributed by atoms with Gasteiger partial charge in [0.15, 0.2) is 11.7 Å².